The highest BCUT2D eigenvalue weighted by molar-refractivity contribution is 5.79. The van der Waals surface area contributed by atoms with Crippen LogP contribution in [0.1, 0.15) is 6.93 Å². The molecule has 0 aliphatic rings. The van der Waals surface area contributed by atoms with Crippen LogP contribution in [0, 0.1) is 0 Å². The van der Waals surface area contributed by atoms with E-state index in [0.717, 1.165) is 5.56 Å². The number of primary amides is 1. The second kappa shape index (κ2) is 3.88. The minimum absolute atomic E-state index is 0.142. The van der Waals surface area contributed by atoms with E-state index < -0.39 is 11.9 Å². The number of carbonyl (C=O) groups excluding carboxylic acids is 1. The molecular weight excluding hydrogens is 152 g/mol. The quantitative estimate of drug-likeness (QED) is 0.664. The molecule has 0 unspecified atom stereocenters. The molecule has 0 saturated carbocycles. The summed E-state index contributed by atoms with van der Waals surface area (Å²) < 4.78 is 7.42. The number of nitrogens with two attached hydrogens (primary N) is 2. The summed E-state index contributed by atoms with van der Waals surface area (Å²) in [6.45, 7) is 0. The molecule has 1 amide bonds. The molecule has 1 aromatic rings. The summed E-state index contributed by atoms with van der Waals surface area (Å²) in [6.07, 6.45) is 0.142. The largest absolute Gasteiger partial charge is 0.368 e. The first kappa shape index (κ1) is 7.31. The summed E-state index contributed by atoms with van der Waals surface area (Å²) in [5.41, 5.74) is 11.2. The lowest BCUT2D eigenvalue weighted by molar-refractivity contribution is -0.119. The van der Waals surface area contributed by atoms with E-state index in [1.54, 1.807) is 12.1 Å². The summed E-state index contributed by atoms with van der Waals surface area (Å²) in [5.74, 6) is -0.809. The highest BCUT2D eigenvalue weighted by atomic mass is 16.1. The number of amides is 1. The Kier molecular flexibility index (Phi) is 2.36. The zero-order valence-electron chi connectivity index (χ0n) is 7.66. The van der Waals surface area contributed by atoms with Gasteiger partial charge in [-0.25, -0.2) is 0 Å². The molecule has 1 aromatic carbocycles. The van der Waals surface area contributed by atoms with Crippen molar-refractivity contribution in [2.45, 2.75) is 12.4 Å². The van der Waals surface area contributed by atoms with Crippen LogP contribution < -0.4 is 11.5 Å². The first-order chi connectivity index (χ1) is 6.02. The molecular formula is C9H12N2O. The molecule has 0 aliphatic carbocycles. The lowest BCUT2D eigenvalue weighted by atomic mass is 10.1. The van der Waals surface area contributed by atoms with Gasteiger partial charge >= 0.3 is 0 Å². The SMILES string of the molecule is [2H][C@](N)(Cc1ccccc1)C(N)=O. The Hall–Kier alpha value is -1.35. The summed E-state index contributed by atoms with van der Waals surface area (Å²) in [6, 6.07) is 7.41. The fourth-order valence-corrected chi connectivity index (χ4v) is 0.903. The maximum atomic E-state index is 10.7. The molecule has 1 atom stereocenters. The van der Waals surface area contributed by atoms with Gasteiger partial charge in [0.15, 0.2) is 0 Å². The van der Waals surface area contributed by atoms with Crippen LogP contribution in [0.3, 0.4) is 0 Å². The van der Waals surface area contributed by atoms with Gasteiger partial charge in [0.2, 0.25) is 5.91 Å². The highest BCUT2D eigenvalue weighted by Gasteiger charge is 2.08. The molecule has 0 bridgehead atoms. The fraction of sp³-hybridized carbons (Fsp3) is 0.222. The molecule has 64 valence electrons. The van der Waals surface area contributed by atoms with Gasteiger partial charge in [0.25, 0.3) is 0 Å². The highest BCUT2D eigenvalue weighted by Crippen LogP contribution is 2.00. The molecule has 3 nitrogen and oxygen atoms in total. The van der Waals surface area contributed by atoms with Crippen LogP contribution in [0.5, 0.6) is 0 Å². The molecule has 0 saturated heterocycles. The maximum absolute atomic E-state index is 10.7. The van der Waals surface area contributed by atoms with E-state index in [9.17, 15) is 4.79 Å². The van der Waals surface area contributed by atoms with Gasteiger partial charge in [-0.05, 0) is 12.0 Å². The zero-order valence-corrected chi connectivity index (χ0v) is 6.66. The van der Waals surface area contributed by atoms with E-state index in [0.29, 0.717) is 0 Å². The minimum Gasteiger partial charge on any atom is -0.368 e. The summed E-state index contributed by atoms with van der Waals surface area (Å²) in [7, 11) is 0. The molecule has 0 heterocycles. The lowest BCUT2D eigenvalue weighted by Gasteiger charge is -2.06. The predicted molar refractivity (Wildman–Crippen MR) is 47.3 cm³/mol. The Balaban J connectivity index is 2.75. The molecule has 0 fully saturated rings. The average Bonchev–Trinajstić information content (AvgIpc) is 2.05. The van der Waals surface area contributed by atoms with Crippen molar-refractivity contribution in [3.63, 3.8) is 0 Å². The van der Waals surface area contributed by atoms with Gasteiger partial charge in [0, 0.05) is 0 Å². The Morgan fingerprint density at radius 3 is 2.58 bits per heavy atom. The Morgan fingerprint density at radius 1 is 1.50 bits per heavy atom. The van der Waals surface area contributed by atoms with Crippen LogP contribution in [0.25, 0.3) is 0 Å². The van der Waals surface area contributed by atoms with E-state index in [1.807, 2.05) is 18.2 Å². The average molecular weight is 165 g/mol. The van der Waals surface area contributed by atoms with Crippen LogP contribution in [0.15, 0.2) is 30.3 Å². The van der Waals surface area contributed by atoms with Gasteiger partial charge in [-0.3, -0.25) is 4.79 Å². The van der Waals surface area contributed by atoms with Gasteiger partial charge in [-0.1, -0.05) is 30.3 Å². The first-order valence-corrected chi connectivity index (χ1v) is 3.65. The van der Waals surface area contributed by atoms with Gasteiger partial charge in [0.05, 0.1) is 7.39 Å². The number of benzene rings is 1. The zero-order chi connectivity index (χ0) is 9.90. The number of carbonyl (C=O) groups is 1. The molecule has 0 spiro atoms. The molecule has 3 heteroatoms. The lowest BCUT2D eigenvalue weighted by Crippen LogP contribution is -2.38. The van der Waals surface area contributed by atoms with E-state index in [1.165, 1.54) is 0 Å². The topological polar surface area (TPSA) is 69.1 Å². The summed E-state index contributed by atoms with van der Waals surface area (Å²) >= 11 is 0. The Bertz CT molecular complexity index is 298. The summed E-state index contributed by atoms with van der Waals surface area (Å²) in [5, 5.41) is 0. The van der Waals surface area contributed by atoms with Gasteiger partial charge in [-0.2, -0.15) is 0 Å². The van der Waals surface area contributed by atoms with Crippen molar-refractivity contribution in [1.29, 1.82) is 0 Å². The molecule has 0 aliphatic heterocycles. The smallest absolute Gasteiger partial charge is 0.234 e. The third kappa shape index (κ3) is 2.36. The van der Waals surface area contributed by atoms with Crippen molar-refractivity contribution in [1.82, 2.24) is 0 Å². The van der Waals surface area contributed by atoms with Crippen molar-refractivity contribution >= 4 is 5.91 Å². The summed E-state index contributed by atoms with van der Waals surface area (Å²) in [4.78, 5) is 10.7. The number of hydrogen-bond acceptors (Lipinski definition) is 2. The molecule has 0 aromatic heterocycles. The molecule has 0 radical (unpaired) electrons. The first-order valence-electron chi connectivity index (χ1n) is 4.15. The van der Waals surface area contributed by atoms with Crippen LogP contribution >= 0.6 is 0 Å². The standard InChI is InChI=1S/C9H12N2O/c10-8(9(11)12)6-7-4-2-1-3-5-7/h1-5,8H,6,10H2,(H2,11,12)/t8-/m0/s1/i8D. The van der Waals surface area contributed by atoms with Crippen LogP contribution in [0.2, 0.25) is 0 Å². The van der Waals surface area contributed by atoms with Crippen molar-refractivity contribution in [2.24, 2.45) is 11.5 Å². The third-order valence-corrected chi connectivity index (χ3v) is 1.55. The van der Waals surface area contributed by atoms with E-state index in [-0.39, 0.29) is 6.42 Å². The monoisotopic (exact) mass is 165 g/mol. The van der Waals surface area contributed by atoms with Gasteiger partial charge in [-0.15, -0.1) is 0 Å². The Labute approximate surface area is 72.8 Å². The second-order valence-corrected chi connectivity index (χ2v) is 2.55. The molecule has 1 rings (SSSR count). The number of hydrogen-bond donors (Lipinski definition) is 2. The second-order valence-electron chi connectivity index (χ2n) is 2.55. The van der Waals surface area contributed by atoms with E-state index in [2.05, 4.69) is 0 Å². The van der Waals surface area contributed by atoms with E-state index in [4.69, 9.17) is 12.8 Å². The van der Waals surface area contributed by atoms with Crippen molar-refractivity contribution < 1.29 is 6.17 Å². The van der Waals surface area contributed by atoms with Crippen molar-refractivity contribution in [3.8, 4) is 0 Å². The molecule has 12 heavy (non-hydrogen) atoms. The van der Waals surface area contributed by atoms with Crippen LogP contribution in [-0.4, -0.2) is 11.9 Å². The third-order valence-electron chi connectivity index (χ3n) is 1.55. The predicted octanol–water partition coefficient (Wildman–Crippen LogP) is 0.0417. The van der Waals surface area contributed by atoms with Crippen molar-refractivity contribution in [3.05, 3.63) is 35.9 Å². The maximum Gasteiger partial charge on any atom is 0.234 e. The van der Waals surface area contributed by atoms with Gasteiger partial charge < -0.3 is 11.5 Å². The van der Waals surface area contributed by atoms with Crippen LogP contribution in [0.4, 0.5) is 0 Å². The normalized spacial score (nSPS) is 16.2. The van der Waals surface area contributed by atoms with Crippen molar-refractivity contribution in [2.75, 3.05) is 0 Å². The van der Waals surface area contributed by atoms with E-state index >= 15 is 0 Å². The van der Waals surface area contributed by atoms with Gasteiger partial charge in [0.1, 0.15) is 0 Å². The Morgan fingerprint density at radius 2 is 2.08 bits per heavy atom. The fourth-order valence-electron chi connectivity index (χ4n) is 0.903. The number of rotatable bonds is 3. The van der Waals surface area contributed by atoms with Crippen LogP contribution in [-0.2, 0) is 11.2 Å². The minimum atomic E-state index is -1.71. The molecule has 4 N–H and O–H groups in total.